The molecule has 2 fully saturated rings. The summed E-state index contributed by atoms with van der Waals surface area (Å²) in [6.07, 6.45) is 5.13. The van der Waals surface area contributed by atoms with E-state index in [2.05, 4.69) is 65.9 Å². The van der Waals surface area contributed by atoms with E-state index in [-0.39, 0.29) is 5.79 Å². The van der Waals surface area contributed by atoms with Crippen molar-refractivity contribution in [3.05, 3.63) is 59.3 Å². The molecule has 5 rings (SSSR count). The zero-order valence-corrected chi connectivity index (χ0v) is 20.6. The van der Waals surface area contributed by atoms with Gasteiger partial charge in [0.25, 0.3) is 0 Å². The first-order valence-corrected chi connectivity index (χ1v) is 12.4. The predicted octanol–water partition coefficient (Wildman–Crippen LogP) is 5.07. The molecule has 2 aromatic carbocycles. The topological polar surface area (TPSA) is 45.1 Å². The molecule has 0 atom stereocenters. The molecule has 0 bridgehead atoms. The number of benzene rings is 2. The van der Waals surface area contributed by atoms with Gasteiger partial charge in [0.15, 0.2) is 5.79 Å². The molecule has 1 spiro atoms. The molecule has 0 unspecified atom stereocenters. The Labute approximate surface area is 202 Å². The van der Waals surface area contributed by atoms with Crippen LogP contribution in [0.15, 0.2) is 42.6 Å². The number of fused-ring (bicyclic) bond motifs is 1. The highest BCUT2D eigenvalue weighted by Crippen LogP contribution is 2.33. The first-order valence-electron chi connectivity index (χ1n) is 12.4. The Hall–Kier alpha value is -2.54. The van der Waals surface area contributed by atoms with Crippen LogP contribution in [0.25, 0.3) is 10.9 Å². The SMILES string of the molecule is COc1ccc2c(CN3CCC4(CC3)OCCO4)cn(CCCOc3ccc(C)c(C)c3)c2c1. The maximum Gasteiger partial charge on any atom is 0.170 e. The first-order chi connectivity index (χ1) is 16.5. The minimum atomic E-state index is -0.326. The quantitative estimate of drug-likeness (QED) is 0.435. The number of likely N-dealkylation sites (tertiary alicyclic amines) is 1. The highest BCUT2D eigenvalue weighted by atomic mass is 16.7. The van der Waals surface area contributed by atoms with Gasteiger partial charge in [0, 0.05) is 56.7 Å². The van der Waals surface area contributed by atoms with Gasteiger partial charge in [-0.2, -0.15) is 0 Å². The number of hydrogen-bond donors (Lipinski definition) is 0. The second kappa shape index (κ2) is 9.98. The number of piperidine rings is 1. The maximum absolute atomic E-state index is 6.02. The number of hydrogen-bond acceptors (Lipinski definition) is 5. The van der Waals surface area contributed by atoms with Crippen LogP contribution in [0.2, 0.25) is 0 Å². The third-order valence-electron chi connectivity index (χ3n) is 7.29. The Kier molecular flexibility index (Phi) is 6.82. The van der Waals surface area contributed by atoms with Crippen LogP contribution in [-0.2, 0) is 22.6 Å². The lowest BCUT2D eigenvalue weighted by Gasteiger charge is -2.37. The normalized spacial score (nSPS) is 18.1. The Balaban J connectivity index is 1.25. The molecular formula is C28H36N2O4. The number of rotatable bonds is 8. The van der Waals surface area contributed by atoms with Crippen molar-refractivity contribution in [3.8, 4) is 11.5 Å². The van der Waals surface area contributed by atoms with Crippen molar-refractivity contribution in [2.24, 2.45) is 0 Å². The Morgan fingerprint density at radius 1 is 0.941 bits per heavy atom. The van der Waals surface area contributed by atoms with Crippen molar-refractivity contribution in [2.75, 3.05) is 40.0 Å². The van der Waals surface area contributed by atoms with Crippen LogP contribution in [0, 0.1) is 13.8 Å². The zero-order chi connectivity index (χ0) is 23.5. The summed E-state index contributed by atoms with van der Waals surface area (Å²) < 4.78 is 25.7. The molecule has 2 aliphatic rings. The third kappa shape index (κ3) is 4.95. The van der Waals surface area contributed by atoms with E-state index in [9.17, 15) is 0 Å². The minimum Gasteiger partial charge on any atom is -0.497 e. The molecule has 2 aliphatic heterocycles. The van der Waals surface area contributed by atoms with Gasteiger partial charge in [0.05, 0.1) is 32.4 Å². The highest BCUT2D eigenvalue weighted by molar-refractivity contribution is 5.85. The van der Waals surface area contributed by atoms with Gasteiger partial charge in [-0.25, -0.2) is 0 Å². The van der Waals surface area contributed by atoms with E-state index in [1.54, 1.807) is 7.11 Å². The van der Waals surface area contributed by atoms with E-state index in [1.165, 1.54) is 27.6 Å². The molecule has 34 heavy (non-hydrogen) atoms. The van der Waals surface area contributed by atoms with Crippen molar-refractivity contribution < 1.29 is 18.9 Å². The number of aryl methyl sites for hydroxylation is 3. The van der Waals surface area contributed by atoms with Gasteiger partial charge in [-0.15, -0.1) is 0 Å². The molecule has 182 valence electrons. The van der Waals surface area contributed by atoms with Crippen molar-refractivity contribution >= 4 is 10.9 Å². The lowest BCUT2D eigenvalue weighted by atomic mass is 10.0. The van der Waals surface area contributed by atoms with E-state index >= 15 is 0 Å². The van der Waals surface area contributed by atoms with Crippen LogP contribution in [0.3, 0.4) is 0 Å². The average molecular weight is 465 g/mol. The van der Waals surface area contributed by atoms with E-state index in [0.29, 0.717) is 6.61 Å². The van der Waals surface area contributed by atoms with E-state index in [1.807, 2.05) is 0 Å². The second-order valence-electron chi connectivity index (χ2n) is 9.56. The van der Waals surface area contributed by atoms with Crippen LogP contribution in [0.5, 0.6) is 11.5 Å². The molecule has 3 heterocycles. The Morgan fingerprint density at radius 2 is 1.71 bits per heavy atom. The number of ether oxygens (including phenoxy) is 4. The smallest absolute Gasteiger partial charge is 0.170 e. The monoisotopic (exact) mass is 464 g/mol. The fourth-order valence-corrected chi connectivity index (χ4v) is 5.09. The maximum atomic E-state index is 6.02. The molecular weight excluding hydrogens is 428 g/mol. The molecule has 6 heteroatoms. The van der Waals surface area contributed by atoms with Crippen molar-refractivity contribution in [2.45, 2.75) is 52.0 Å². The summed E-state index contributed by atoms with van der Waals surface area (Å²) in [5.74, 6) is 1.51. The summed E-state index contributed by atoms with van der Waals surface area (Å²) in [5.41, 5.74) is 5.13. The predicted molar refractivity (Wildman–Crippen MR) is 134 cm³/mol. The molecule has 0 saturated carbocycles. The molecule has 6 nitrogen and oxygen atoms in total. The molecule has 0 amide bonds. The second-order valence-corrected chi connectivity index (χ2v) is 9.56. The summed E-state index contributed by atoms with van der Waals surface area (Å²) in [7, 11) is 1.73. The van der Waals surface area contributed by atoms with Crippen molar-refractivity contribution in [3.63, 3.8) is 0 Å². The third-order valence-corrected chi connectivity index (χ3v) is 7.29. The Bertz CT molecular complexity index is 1120. The van der Waals surface area contributed by atoms with Gasteiger partial charge in [-0.05, 0) is 61.2 Å². The minimum absolute atomic E-state index is 0.326. The number of nitrogens with zero attached hydrogens (tertiary/aromatic N) is 2. The summed E-state index contributed by atoms with van der Waals surface area (Å²) in [6, 6.07) is 12.7. The molecule has 0 N–H and O–H groups in total. The van der Waals surface area contributed by atoms with Crippen molar-refractivity contribution in [1.82, 2.24) is 9.47 Å². The van der Waals surface area contributed by atoms with Crippen LogP contribution in [0.1, 0.15) is 36.0 Å². The lowest BCUT2D eigenvalue weighted by molar-refractivity contribution is -0.185. The fourth-order valence-electron chi connectivity index (χ4n) is 5.09. The summed E-state index contributed by atoms with van der Waals surface area (Å²) >= 11 is 0. The zero-order valence-electron chi connectivity index (χ0n) is 20.6. The number of methoxy groups -OCH3 is 1. The van der Waals surface area contributed by atoms with Crippen LogP contribution >= 0.6 is 0 Å². The van der Waals surface area contributed by atoms with Gasteiger partial charge in [0.2, 0.25) is 0 Å². The van der Waals surface area contributed by atoms with Gasteiger partial charge < -0.3 is 23.5 Å². The Morgan fingerprint density at radius 3 is 2.44 bits per heavy atom. The largest absolute Gasteiger partial charge is 0.497 e. The van der Waals surface area contributed by atoms with E-state index in [0.717, 1.165) is 70.2 Å². The molecule has 0 radical (unpaired) electrons. The summed E-state index contributed by atoms with van der Waals surface area (Å²) in [6.45, 7) is 10.2. The number of aromatic nitrogens is 1. The molecule has 0 aliphatic carbocycles. The van der Waals surface area contributed by atoms with Crippen molar-refractivity contribution in [1.29, 1.82) is 0 Å². The van der Waals surface area contributed by atoms with Gasteiger partial charge in [0.1, 0.15) is 11.5 Å². The summed E-state index contributed by atoms with van der Waals surface area (Å²) in [4.78, 5) is 2.52. The molecule has 3 aromatic rings. The summed E-state index contributed by atoms with van der Waals surface area (Å²) in [5, 5.41) is 1.30. The van der Waals surface area contributed by atoms with E-state index < -0.39 is 0 Å². The fraction of sp³-hybridized carbons (Fsp3) is 0.500. The average Bonchev–Trinajstić information content (AvgIpc) is 3.45. The first kappa shape index (κ1) is 23.2. The van der Waals surface area contributed by atoms with Gasteiger partial charge in [-0.1, -0.05) is 6.07 Å². The van der Waals surface area contributed by atoms with Gasteiger partial charge >= 0.3 is 0 Å². The van der Waals surface area contributed by atoms with Crippen LogP contribution < -0.4 is 9.47 Å². The lowest BCUT2D eigenvalue weighted by Crippen LogP contribution is -2.44. The van der Waals surface area contributed by atoms with Gasteiger partial charge in [-0.3, -0.25) is 4.90 Å². The van der Waals surface area contributed by atoms with Crippen LogP contribution in [-0.4, -0.2) is 55.3 Å². The standard InChI is InChI=1S/C28H36N2O4/c1-21-5-6-25(17-22(21)2)32-14-4-11-30-20-23(26-8-7-24(31-3)18-27(26)30)19-29-12-9-28(10-13-29)33-15-16-34-28/h5-8,17-18,20H,4,9-16,19H2,1-3H3. The highest BCUT2D eigenvalue weighted by Gasteiger charge is 2.39. The van der Waals surface area contributed by atoms with E-state index in [4.69, 9.17) is 18.9 Å². The molecule has 2 saturated heterocycles. The van der Waals surface area contributed by atoms with Crippen LogP contribution in [0.4, 0.5) is 0 Å². The molecule has 1 aromatic heterocycles.